The van der Waals surface area contributed by atoms with E-state index in [1.165, 1.54) is 0 Å². The standard InChI is InChI=1S/C17H13Cl2N3O2/c1-9(10-6-7-13(18)14(19)8-10)20-17(24)15-11-4-2-3-5-12(11)16(23)22-21-15/h2-9H,1H3,(H,20,24)(H,22,23)/t9-/m0/s1. The Kier molecular flexibility index (Phi) is 4.55. The highest BCUT2D eigenvalue weighted by molar-refractivity contribution is 6.42. The van der Waals surface area contributed by atoms with Crippen LogP contribution >= 0.6 is 23.2 Å². The lowest BCUT2D eigenvalue weighted by atomic mass is 10.1. The second kappa shape index (κ2) is 6.63. The lowest BCUT2D eigenvalue weighted by molar-refractivity contribution is 0.0935. The number of nitrogens with zero attached hydrogens (tertiary/aromatic N) is 1. The highest BCUT2D eigenvalue weighted by Gasteiger charge is 2.17. The molecule has 122 valence electrons. The van der Waals surface area contributed by atoms with Crippen molar-refractivity contribution in [3.63, 3.8) is 0 Å². The van der Waals surface area contributed by atoms with Gasteiger partial charge in [0.1, 0.15) is 0 Å². The Morgan fingerprint density at radius 2 is 1.83 bits per heavy atom. The van der Waals surface area contributed by atoms with E-state index in [9.17, 15) is 9.59 Å². The average Bonchev–Trinajstić information content (AvgIpc) is 2.57. The van der Waals surface area contributed by atoms with Crippen molar-refractivity contribution in [1.29, 1.82) is 0 Å². The third-order valence-electron chi connectivity index (χ3n) is 3.70. The first kappa shape index (κ1) is 16.5. The summed E-state index contributed by atoms with van der Waals surface area (Å²) < 4.78 is 0. The zero-order valence-corrected chi connectivity index (χ0v) is 14.2. The van der Waals surface area contributed by atoms with Gasteiger partial charge in [-0.2, -0.15) is 5.10 Å². The number of halogens is 2. The van der Waals surface area contributed by atoms with E-state index in [4.69, 9.17) is 23.2 Å². The molecule has 0 saturated heterocycles. The van der Waals surface area contributed by atoms with E-state index in [1.807, 2.05) is 6.92 Å². The maximum Gasteiger partial charge on any atom is 0.272 e. The van der Waals surface area contributed by atoms with Crippen molar-refractivity contribution in [1.82, 2.24) is 15.5 Å². The summed E-state index contributed by atoms with van der Waals surface area (Å²) >= 11 is 11.9. The molecule has 1 aromatic heterocycles. The third kappa shape index (κ3) is 3.13. The fourth-order valence-corrected chi connectivity index (χ4v) is 2.72. The van der Waals surface area contributed by atoms with Gasteiger partial charge in [-0.05, 0) is 30.7 Å². The van der Waals surface area contributed by atoms with Crippen molar-refractivity contribution < 1.29 is 4.79 Å². The van der Waals surface area contributed by atoms with Gasteiger partial charge in [0.05, 0.1) is 21.5 Å². The quantitative estimate of drug-likeness (QED) is 0.746. The highest BCUT2D eigenvalue weighted by Crippen LogP contribution is 2.25. The van der Waals surface area contributed by atoms with Crippen LogP contribution in [0.2, 0.25) is 10.0 Å². The number of carbonyl (C=O) groups is 1. The van der Waals surface area contributed by atoms with Crippen molar-refractivity contribution in [3.8, 4) is 0 Å². The molecule has 0 aliphatic heterocycles. The molecule has 0 saturated carbocycles. The fraction of sp³-hybridized carbons (Fsp3) is 0.118. The molecule has 0 radical (unpaired) electrons. The highest BCUT2D eigenvalue weighted by atomic mass is 35.5. The fourth-order valence-electron chi connectivity index (χ4n) is 2.42. The number of amides is 1. The van der Waals surface area contributed by atoms with E-state index >= 15 is 0 Å². The maximum absolute atomic E-state index is 12.6. The molecule has 3 rings (SSSR count). The van der Waals surface area contributed by atoms with Gasteiger partial charge in [-0.3, -0.25) is 9.59 Å². The van der Waals surface area contributed by atoms with Gasteiger partial charge in [-0.15, -0.1) is 0 Å². The summed E-state index contributed by atoms with van der Waals surface area (Å²) in [6.07, 6.45) is 0. The van der Waals surface area contributed by atoms with E-state index < -0.39 is 0 Å². The summed E-state index contributed by atoms with van der Waals surface area (Å²) in [5.74, 6) is -0.388. The molecule has 7 heteroatoms. The summed E-state index contributed by atoms with van der Waals surface area (Å²) in [6.45, 7) is 1.82. The SMILES string of the molecule is C[C@H](NC(=O)c1n[nH]c(=O)c2ccccc12)c1ccc(Cl)c(Cl)c1. The molecular formula is C17H13Cl2N3O2. The van der Waals surface area contributed by atoms with Gasteiger partial charge in [0.25, 0.3) is 11.5 Å². The minimum Gasteiger partial charge on any atom is -0.344 e. The van der Waals surface area contributed by atoms with Crippen LogP contribution in [0.5, 0.6) is 0 Å². The van der Waals surface area contributed by atoms with Crippen molar-refractivity contribution in [3.05, 3.63) is 74.1 Å². The number of hydrogen-bond donors (Lipinski definition) is 2. The number of carbonyl (C=O) groups excluding carboxylic acids is 1. The van der Waals surface area contributed by atoms with Crippen LogP contribution < -0.4 is 10.9 Å². The summed E-state index contributed by atoms with van der Waals surface area (Å²) in [5, 5.41) is 10.9. The summed E-state index contributed by atoms with van der Waals surface area (Å²) in [6, 6.07) is 11.7. The molecule has 0 fully saturated rings. The van der Waals surface area contributed by atoms with Gasteiger partial charge in [0.2, 0.25) is 0 Å². The average molecular weight is 362 g/mol. The number of H-pyrrole nitrogens is 1. The van der Waals surface area contributed by atoms with Crippen LogP contribution in [0.1, 0.15) is 29.0 Å². The Labute approximate surface area is 147 Å². The van der Waals surface area contributed by atoms with Crippen molar-refractivity contribution in [2.24, 2.45) is 0 Å². The van der Waals surface area contributed by atoms with Crippen LogP contribution in [-0.2, 0) is 0 Å². The Bertz CT molecular complexity index is 985. The Morgan fingerprint density at radius 1 is 1.12 bits per heavy atom. The zero-order chi connectivity index (χ0) is 17.3. The van der Waals surface area contributed by atoms with Crippen LogP contribution in [0.15, 0.2) is 47.3 Å². The van der Waals surface area contributed by atoms with E-state index in [2.05, 4.69) is 15.5 Å². The van der Waals surface area contributed by atoms with Crippen LogP contribution in [0, 0.1) is 0 Å². The first-order valence-corrected chi connectivity index (χ1v) is 7.96. The molecule has 0 bridgehead atoms. The number of nitrogens with one attached hydrogen (secondary N) is 2. The molecule has 0 aliphatic rings. The van der Waals surface area contributed by atoms with Gasteiger partial charge in [-0.1, -0.05) is 47.5 Å². The van der Waals surface area contributed by atoms with Crippen molar-refractivity contribution >= 4 is 39.9 Å². The summed E-state index contributed by atoms with van der Waals surface area (Å²) in [4.78, 5) is 24.3. The number of rotatable bonds is 3. The van der Waals surface area contributed by atoms with Gasteiger partial charge >= 0.3 is 0 Å². The maximum atomic E-state index is 12.6. The van der Waals surface area contributed by atoms with Crippen LogP contribution in [0.3, 0.4) is 0 Å². The number of fused-ring (bicyclic) bond motifs is 1. The van der Waals surface area contributed by atoms with Gasteiger partial charge < -0.3 is 5.32 Å². The molecule has 1 atom stereocenters. The molecule has 2 N–H and O–H groups in total. The molecule has 24 heavy (non-hydrogen) atoms. The van der Waals surface area contributed by atoms with Gasteiger partial charge in [0, 0.05) is 5.39 Å². The van der Waals surface area contributed by atoms with Gasteiger partial charge in [0.15, 0.2) is 5.69 Å². The molecule has 1 amide bonds. The molecule has 0 spiro atoms. The number of aromatic amines is 1. The normalized spacial score (nSPS) is 12.1. The van der Waals surface area contributed by atoms with E-state index in [1.54, 1.807) is 42.5 Å². The van der Waals surface area contributed by atoms with E-state index in [0.29, 0.717) is 20.8 Å². The molecule has 1 heterocycles. The molecule has 0 aliphatic carbocycles. The molecule has 5 nitrogen and oxygen atoms in total. The minimum absolute atomic E-state index is 0.164. The van der Waals surface area contributed by atoms with Crippen LogP contribution in [0.4, 0.5) is 0 Å². The predicted octanol–water partition coefficient (Wildman–Crippen LogP) is 3.72. The molecule has 0 unspecified atom stereocenters. The summed E-state index contributed by atoms with van der Waals surface area (Å²) in [5.41, 5.74) is 0.642. The third-order valence-corrected chi connectivity index (χ3v) is 4.44. The Morgan fingerprint density at radius 3 is 2.54 bits per heavy atom. The molecule has 3 aromatic rings. The smallest absolute Gasteiger partial charge is 0.272 e. The van der Waals surface area contributed by atoms with Crippen LogP contribution in [-0.4, -0.2) is 16.1 Å². The Balaban J connectivity index is 1.91. The van der Waals surface area contributed by atoms with Gasteiger partial charge in [-0.25, -0.2) is 5.10 Å². The first-order valence-electron chi connectivity index (χ1n) is 7.20. The lowest BCUT2D eigenvalue weighted by Gasteiger charge is -2.15. The van der Waals surface area contributed by atoms with E-state index in [-0.39, 0.29) is 23.2 Å². The first-order chi connectivity index (χ1) is 11.5. The lowest BCUT2D eigenvalue weighted by Crippen LogP contribution is -2.29. The topological polar surface area (TPSA) is 74.8 Å². The van der Waals surface area contributed by atoms with Crippen molar-refractivity contribution in [2.45, 2.75) is 13.0 Å². The molecular weight excluding hydrogens is 349 g/mol. The summed E-state index contributed by atoms with van der Waals surface area (Å²) in [7, 11) is 0. The number of aromatic nitrogens is 2. The largest absolute Gasteiger partial charge is 0.344 e. The van der Waals surface area contributed by atoms with E-state index in [0.717, 1.165) is 5.56 Å². The predicted molar refractivity (Wildman–Crippen MR) is 94.7 cm³/mol. The number of benzene rings is 2. The second-order valence-corrected chi connectivity index (χ2v) is 6.13. The zero-order valence-electron chi connectivity index (χ0n) is 12.6. The minimum atomic E-state index is -0.388. The number of hydrogen-bond acceptors (Lipinski definition) is 3. The Hall–Kier alpha value is -2.37. The van der Waals surface area contributed by atoms with Crippen molar-refractivity contribution in [2.75, 3.05) is 0 Å². The van der Waals surface area contributed by atoms with Crippen LogP contribution in [0.25, 0.3) is 10.8 Å². The second-order valence-electron chi connectivity index (χ2n) is 5.32. The monoisotopic (exact) mass is 361 g/mol. The molecule has 2 aromatic carbocycles.